The summed E-state index contributed by atoms with van der Waals surface area (Å²) >= 11 is 0. The fraction of sp³-hybridized carbons (Fsp3) is 0.800. The second-order valence-corrected chi connectivity index (χ2v) is 4.60. The number of carboxylic acids is 1. The molecule has 2 atom stereocenters. The van der Waals surface area contributed by atoms with Crippen molar-refractivity contribution < 1.29 is 24.5 Å². The van der Waals surface area contributed by atoms with Crippen molar-refractivity contribution in [1.82, 2.24) is 5.32 Å². The minimum absolute atomic E-state index is 0.420. The highest BCUT2D eigenvalue weighted by Gasteiger charge is 2.22. The van der Waals surface area contributed by atoms with Crippen LogP contribution in [0.15, 0.2) is 0 Å². The summed E-state index contributed by atoms with van der Waals surface area (Å²) in [5.74, 6) is -1.12. The number of amides is 1. The zero-order chi connectivity index (χ0) is 12.9. The van der Waals surface area contributed by atoms with Crippen LogP contribution in [-0.2, 0) is 9.53 Å². The van der Waals surface area contributed by atoms with Crippen LogP contribution < -0.4 is 5.32 Å². The molecule has 0 aromatic rings. The van der Waals surface area contributed by atoms with Gasteiger partial charge in [-0.25, -0.2) is 4.79 Å². The molecule has 0 saturated heterocycles. The number of aliphatic hydroxyl groups is 1. The maximum absolute atomic E-state index is 11.3. The third-order valence-corrected chi connectivity index (χ3v) is 1.71. The largest absolute Gasteiger partial charge is 0.481 e. The molecule has 3 N–H and O–H groups in total. The van der Waals surface area contributed by atoms with Crippen LogP contribution in [0.25, 0.3) is 0 Å². The maximum atomic E-state index is 11.3. The standard InChI is InChI=1S/C10H19NO5/c1-6(7(12)5-8(13)14)11-9(15)16-10(2,3)4/h6-7,12H,5H2,1-4H3,(H,11,15)(H,13,14)/t6-,7-/m0/s1. The number of hydrogen-bond donors (Lipinski definition) is 3. The van der Waals surface area contributed by atoms with E-state index in [1.54, 1.807) is 20.8 Å². The highest BCUT2D eigenvalue weighted by atomic mass is 16.6. The molecule has 0 unspecified atom stereocenters. The van der Waals surface area contributed by atoms with E-state index >= 15 is 0 Å². The predicted molar refractivity (Wildman–Crippen MR) is 57.1 cm³/mol. The highest BCUT2D eigenvalue weighted by Crippen LogP contribution is 2.07. The maximum Gasteiger partial charge on any atom is 0.407 e. The second-order valence-electron chi connectivity index (χ2n) is 4.60. The van der Waals surface area contributed by atoms with Gasteiger partial charge in [-0.05, 0) is 27.7 Å². The minimum atomic E-state index is -1.13. The number of aliphatic carboxylic acids is 1. The molecule has 0 heterocycles. The zero-order valence-electron chi connectivity index (χ0n) is 9.98. The van der Waals surface area contributed by atoms with Crippen molar-refractivity contribution in [1.29, 1.82) is 0 Å². The lowest BCUT2D eigenvalue weighted by Crippen LogP contribution is -2.44. The average Bonchev–Trinajstić information content (AvgIpc) is 1.98. The van der Waals surface area contributed by atoms with Gasteiger partial charge in [0, 0.05) is 0 Å². The molecule has 0 radical (unpaired) electrons. The third kappa shape index (κ3) is 7.05. The van der Waals surface area contributed by atoms with Crippen molar-refractivity contribution >= 4 is 12.1 Å². The fourth-order valence-corrected chi connectivity index (χ4v) is 0.945. The van der Waals surface area contributed by atoms with Crippen LogP contribution in [-0.4, -0.2) is 40.0 Å². The van der Waals surface area contributed by atoms with Gasteiger partial charge in [0.1, 0.15) is 5.60 Å². The third-order valence-electron chi connectivity index (χ3n) is 1.71. The number of hydrogen-bond acceptors (Lipinski definition) is 4. The van der Waals surface area contributed by atoms with Crippen molar-refractivity contribution in [3.63, 3.8) is 0 Å². The first-order valence-corrected chi connectivity index (χ1v) is 5.01. The van der Waals surface area contributed by atoms with Gasteiger partial charge in [0.05, 0.1) is 18.6 Å². The van der Waals surface area contributed by atoms with E-state index in [1.807, 2.05) is 0 Å². The molecule has 0 aromatic carbocycles. The Kier molecular flexibility index (Phi) is 5.23. The van der Waals surface area contributed by atoms with E-state index in [0.717, 1.165) is 0 Å². The molecule has 0 fully saturated rings. The number of nitrogens with one attached hydrogen (secondary N) is 1. The molecule has 6 heteroatoms. The summed E-state index contributed by atoms with van der Waals surface area (Å²) in [5.41, 5.74) is -0.623. The molecule has 0 saturated carbocycles. The monoisotopic (exact) mass is 233 g/mol. The summed E-state index contributed by atoms with van der Waals surface area (Å²) in [6.45, 7) is 6.65. The summed E-state index contributed by atoms with van der Waals surface area (Å²) in [4.78, 5) is 21.6. The van der Waals surface area contributed by atoms with E-state index < -0.39 is 36.2 Å². The van der Waals surface area contributed by atoms with E-state index in [-0.39, 0.29) is 0 Å². The molecule has 0 aliphatic carbocycles. The lowest BCUT2D eigenvalue weighted by Gasteiger charge is -2.23. The van der Waals surface area contributed by atoms with Gasteiger partial charge in [0.25, 0.3) is 0 Å². The van der Waals surface area contributed by atoms with E-state index in [2.05, 4.69) is 5.32 Å². The molecule has 0 aromatic heterocycles. The molecular weight excluding hydrogens is 214 g/mol. The normalized spacial score (nSPS) is 15.1. The summed E-state index contributed by atoms with van der Waals surface area (Å²) in [7, 11) is 0. The summed E-state index contributed by atoms with van der Waals surface area (Å²) in [6, 6.07) is -0.675. The molecule has 0 bridgehead atoms. The van der Waals surface area contributed by atoms with E-state index in [4.69, 9.17) is 9.84 Å². The molecule has 0 aliphatic rings. The van der Waals surface area contributed by atoms with Gasteiger partial charge < -0.3 is 20.3 Å². The number of ether oxygens (including phenoxy) is 1. The number of carbonyl (C=O) groups excluding carboxylic acids is 1. The predicted octanol–water partition coefficient (Wildman–Crippen LogP) is 0.735. The van der Waals surface area contributed by atoms with Gasteiger partial charge >= 0.3 is 12.1 Å². The molecule has 1 amide bonds. The fourth-order valence-electron chi connectivity index (χ4n) is 0.945. The van der Waals surface area contributed by atoms with Gasteiger partial charge in [-0.2, -0.15) is 0 Å². The van der Waals surface area contributed by atoms with Crippen molar-refractivity contribution in [2.75, 3.05) is 0 Å². The second kappa shape index (κ2) is 5.69. The number of rotatable bonds is 4. The zero-order valence-corrected chi connectivity index (χ0v) is 9.98. The van der Waals surface area contributed by atoms with Crippen molar-refractivity contribution in [3.8, 4) is 0 Å². The summed E-state index contributed by atoms with van der Waals surface area (Å²) in [6.07, 6.45) is -2.23. The molecule has 94 valence electrons. The van der Waals surface area contributed by atoms with Crippen LogP contribution in [0.4, 0.5) is 4.79 Å². The van der Waals surface area contributed by atoms with Crippen LogP contribution in [0.5, 0.6) is 0 Å². The lowest BCUT2D eigenvalue weighted by molar-refractivity contribution is -0.139. The average molecular weight is 233 g/mol. The molecule has 16 heavy (non-hydrogen) atoms. The number of carboxylic acid groups (broad SMARTS) is 1. The van der Waals surface area contributed by atoms with Crippen LogP contribution >= 0.6 is 0 Å². The van der Waals surface area contributed by atoms with E-state index in [1.165, 1.54) is 6.92 Å². The topological polar surface area (TPSA) is 95.9 Å². The van der Waals surface area contributed by atoms with Crippen LogP contribution in [0.3, 0.4) is 0 Å². The van der Waals surface area contributed by atoms with E-state index in [9.17, 15) is 14.7 Å². The molecule has 0 aliphatic heterocycles. The van der Waals surface area contributed by atoms with Crippen LogP contribution in [0, 0.1) is 0 Å². The Morgan fingerprint density at radius 2 is 1.88 bits per heavy atom. The van der Waals surface area contributed by atoms with Gasteiger partial charge in [-0.3, -0.25) is 4.79 Å². The van der Waals surface area contributed by atoms with Crippen LogP contribution in [0.1, 0.15) is 34.1 Å². The van der Waals surface area contributed by atoms with Gasteiger partial charge in [-0.15, -0.1) is 0 Å². The molecule has 0 spiro atoms. The van der Waals surface area contributed by atoms with Crippen molar-refractivity contribution in [2.24, 2.45) is 0 Å². The van der Waals surface area contributed by atoms with Gasteiger partial charge in [0.2, 0.25) is 0 Å². The number of aliphatic hydroxyl groups excluding tert-OH is 1. The van der Waals surface area contributed by atoms with Crippen molar-refractivity contribution in [2.45, 2.75) is 51.9 Å². The Labute approximate surface area is 94.6 Å². The minimum Gasteiger partial charge on any atom is -0.481 e. The van der Waals surface area contributed by atoms with Crippen LogP contribution in [0.2, 0.25) is 0 Å². The Morgan fingerprint density at radius 1 is 1.38 bits per heavy atom. The highest BCUT2D eigenvalue weighted by molar-refractivity contribution is 5.69. The molecule has 0 rings (SSSR count). The van der Waals surface area contributed by atoms with Gasteiger partial charge in [-0.1, -0.05) is 0 Å². The summed E-state index contributed by atoms with van der Waals surface area (Å²) in [5, 5.41) is 20.2. The smallest absolute Gasteiger partial charge is 0.407 e. The lowest BCUT2D eigenvalue weighted by atomic mass is 10.1. The van der Waals surface area contributed by atoms with Crippen molar-refractivity contribution in [3.05, 3.63) is 0 Å². The number of alkyl carbamates (subject to hydrolysis) is 1. The molecular formula is C10H19NO5. The summed E-state index contributed by atoms with van der Waals surface area (Å²) < 4.78 is 4.95. The van der Waals surface area contributed by atoms with Gasteiger partial charge in [0.15, 0.2) is 0 Å². The SMILES string of the molecule is C[C@H](NC(=O)OC(C)(C)C)[C@@H](O)CC(=O)O. The Hall–Kier alpha value is -1.30. The first kappa shape index (κ1) is 14.7. The quantitative estimate of drug-likeness (QED) is 0.665. The first-order valence-electron chi connectivity index (χ1n) is 5.01. The first-order chi connectivity index (χ1) is 7.11. The number of carbonyl (C=O) groups is 2. The molecule has 6 nitrogen and oxygen atoms in total. The Balaban J connectivity index is 4.09. The Bertz CT molecular complexity index is 258. The van der Waals surface area contributed by atoms with E-state index in [0.29, 0.717) is 0 Å². The Morgan fingerprint density at radius 3 is 2.25 bits per heavy atom.